The van der Waals surface area contributed by atoms with E-state index in [4.69, 9.17) is 0 Å². The number of hydrogen-bond donors (Lipinski definition) is 0. The van der Waals surface area contributed by atoms with Gasteiger partial charge < -0.3 is 0 Å². The first-order chi connectivity index (χ1) is 7.45. The van der Waals surface area contributed by atoms with Crippen LogP contribution in [0.1, 0.15) is 0 Å². The first-order valence-electron chi connectivity index (χ1n) is 4.93. The molecule has 0 aliphatic rings. The van der Waals surface area contributed by atoms with Crippen LogP contribution in [-0.2, 0) is 0 Å². The van der Waals surface area contributed by atoms with E-state index >= 15 is 0 Å². The molecule has 15 heavy (non-hydrogen) atoms. The summed E-state index contributed by atoms with van der Waals surface area (Å²) in [4.78, 5) is 0. The second-order valence-corrected chi connectivity index (χ2v) is 3.45. The van der Waals surface area contributed by atoms with Crippen LogP contribution in [0.15, 0.2) is 60.9 Å². The predicted octanol–water partition coefficient (Wildman–Crippen LogP) is 3.00. The van der Waals surface area contributed by atoms with Crippen molar-refractivity contribution in [1.82, 2.24) is 9.61 Å². The van der Waals surface area contributed by atoms with Gasteiger partial charge in [-0.15, -0.1) is 0 Å². The van der Waals surface area contributed by atoms with Crippen molar-refractivity contribution >= 4 is 5.52 Å². The van der Waals surface area contributed by atoms with Crippen molar-refractivity contribution < 1.29 is 0 Å². The third kappa shape index (κ3) is 1.31. The highest BCUT2D eigenvalue weighted by Crippen LogP contribution is 2.24. The molecule has 3 rings (SSSR count). The largest absolute Gasteiger partial charge is 0.240 e. The number of hydrogen-bond acceptors (Lipinski definition) is 1. The second-order valence-electron chi connectivity index (χ2n) is 3.45. The highest BCUT2D eigenvalue weighted by atomic mass is 15.2. The molecule has 1 aromatic carbocycles. The quantitative estimate of drug-likeness (QED) is 0.582. The molecule has 0 radical (unpaired) electrons. The smallest absolute Gasteiger partial charge is 0.0724 e. The summed E-state index contributed by atoms with van der Waals surface area (Å²) >= 11 is 0. The Labute approximate surface area is 87.8 Å². The highest BCUT2D eigenvalue weighted by Gasteiger charge is 2.03. The van der Waals surface area contributed by atoms with Gasteiger partial charge in [-0.2, -0.15) is 5.10 Å². The van der Waals surface area contributed by atoms with Crippen LogP contribution >= 0.6 is 0 Å². The molecule has 2 heterocycles. The van der Waals surface area contributed by atoms with E-state index in [-0.39, 0.29) is 0 Å². The summed E-state index contributed by atoms with van der Waals surface area (Å²) < 4.78 is 1.89. The van der Waals surface area contributed by atoms with E-state index in [1.165, 1.54) is 11.1 Å². The van der Waals surface area contributed by atoms with Crippen LogP contribution < -0.4 is 0 Å². The van der Waals surface area contributed by atoms with Crippen LogP contribution in [0, 0.1) is 0 Å². The summed E-state index contributed by atoms with van der Waals surface area (Å²) in [5.74, 6) is 0. The monoisotopic (exact) mass is 194 g/mol. The van der Waals surface area contributed by atoms with E-state index in [1.807, 2.05) is 22.8 Å². The normalized spacial score (nSPS) is 10.7. The summed E-state index contributed by atoms with van der Waals surface area (Å²) in [7, 11) is 0. The first kappa shape index (κ1) is 8.24. The first-order valence-corrected chi connectivity index (χ1v) is 4.93. The Bertz CT molecular complexity index is 582. The van der Waals surface area contributed by atoms with Crippen LogP contribution in [0.2, 0.25) is 0 Å². The van der Waals surface area contributed by atoms with Gasteiger partial charge in [0.05, 0.1) is 5.52 Å². The Morgan fingerprint density at radius 3 is 2.60 bits per heavy atom. The molecule has 72 valence electrons. The fourth-order valence-electron chi connectivity index (χ4n) is 1.81. The molecule has 0 amide bonds. The number of nitrogens with zero attached hydrogens (tertiary/aromatic N) is 2. The molecule has 0 spiro atoms. The Morgan fingerprint density at radius 2 is 1.73 bits per heavy atom. The summed E-state index contributed by atoms with van der Waals surface area (Å²) in [5.41, 5.74) is 3.60. The average Bonchev–Trinajstić information content (AvgIpc) is 2.74. The zero-order valence-corrected chi connectivity index (χ0v) is 8.17. The SMILES string of the molecule is c1ccc(-c2ccn3ncccc23)cc1. The third-order valence-electron chi connectivity index (χ3n) is 2.52. The Hall–Kier alpha value is -2.09. The van der Waals surface area contributed by atoms with E-state index < -0.39 is 0 Å². The van der Waals surface area contributed by atoms with Gasteiger partial charge >= 0.3 is 0 Å². The molecular formula is C13H10N2. The maximum atomic E-state index is 4.24. The lowest BCUT2D eigenvalue weighted by Gasteiger charge is -1.98. The molecule has 0 aliphatic carbocycles. The molecule has 0 unspecified atom stereocenters. The van der Waals surface area contributed by atoms with Gasteiger partial charge in [0.15, 0.2) is 0 Å². The average molecular weight is 194 g/mol. The molecule has 0 atom stereocenters. The van der Waals surface area contributed by atoms with Crippen molar-refractivity contribution in [3.8, 4) is 11.1 Å². The van der Waals surface area contributed by atoms with Crippen molar-refractivity contribution in [3.05, 3.63) is 60.9 Å². The summed E-state index contributed by atoms with van der Waals surface area (Å²) in [5, 5.41) is 4.24. The maximum Gasteiger partial charge on any atom is 0.0724 e. The number of fused-ring (bicyclic) bond motifs is 1. The molecule has 0 saturated carbocycles. The number of benzene rings is 1. The van der Waals surface area contributed by atoms with Crippen molar-refractivity contribution in [2.45, 2.75) is 0 Å². The fraction of sp³-hybridized carbons (Fsp3) is 0. The maximum absolute atomic E-state index is 4.24. The van der Waals surface area contributed by atoms with E-state index in [1.54, 1.807) is 6.20 Å². The van der Waals surface area contributed by atoms with Crippen molar-refractivity contribution in [2.75, 3.05) is 0 Å². The second kappa shape index (κ2) is 3.24. The van der Waals surface area contributed by atoms with Gasteiger partial charge in [-0.25, -0.2) is 4.52 Å². The predicted molar refractivity (Wildman–Crippen MR) is 60.6 cm³/mol. The van der Waals surface area contributed by atoms with Crippen LogP contribution in [0.25, 0.3) is 16.6 Å². The van der Waals surface area contributed by atoms with Crippen LogP contribution in [0.5, 0.6) is 0 Å². The molecular weight excluding hydrogens is 184 g/mol. The van der Waals surface area contributed by atoms with Gasteiger partial charge in [0.2, 0.25) is 0 Å². The van der Waals surface area contributed by atoms with Gasteiger partial charge in [0.1, 0.15) is 0 Å². The van der Waals surface area contributed by atoms with Crippen molar-refractivity contribution in [1.29, 1.82) is 0 Å². The molecule has 0 saturated heterocycles. The van der Waals surface area contributed by atoms with E-state index in [2.05, 4.69) is 41.5 Å². The molecule has 0 fully saturated rings. The Kier molecular flexibility index (Phi) is 1.78. The number of aromatic nitrogens is 2. The summed E-state index contributed by atoms with van der Waals surface area (Å²) in [6, 6.07) is 16.5. The van der Waals surface area contributed by atoms with Crippen LogP contribution in [0.3, 0.4) is 0 Å². The Balaban J connectivity index is 2.28. The molecule has 2 heteroatoms. The zero-order chi connectivity index (χ0) is 10.1. The van der Waals surface area contributed by atoms with Gasteiger partial charge in [0.25, 0.3) is 0 Å². The Morgan fingerprint density at radius 1 is 0.867 bits per heavy atom. The van der Waals surface area contributed by atoms with Crippen LogP contribution in [-0.4, -0.2) is 9.61 Å². The standard InChI is InChI=1S/C13H10N2/c1-2-5-11(6-3-1)12-8-10-15-13(12)7-4-9-14-15/h1-10H. The van der Waals surface area contributed by atoms with Crippen molar-refractivity contribution in [2.24, 2.45) is 0 Å². The number of rotatable bonds is 1. The lowest BCUT2D eigenvalue weighted by molar-refractivity contribution is 0.941. The van der Waals surface area contributed by atoms with Gasteiger partial charge in [-0.1, -0.05) is 30.3 Å². The van der Waals surface area contributed by atoms with Crippen LogP contribution in [0.4, 0.5) is 0 Å². The topological polar surface area (TPSA) is 17.3 Å². The molecule has 0 aliphatic heterocycles. The van der Waals surface area contributed by atoms with Gasteiger partial charge in [-0.05, 0) is 23.8 Å². The molecule has 2 nitrogen and oxygen atoms in total. The molecule has 3 aromatic rings. The van der Waals surface area contributed by atoms with E-state index in [0.717, 1.165) is 5.52 Å². The highest BCUT2D eigenvalue weighted by molar-refractivity contribution is 5.80. The minimum atomic E-state index is 1.14. The minimum Gasteiger partial charge on any atom is -0.240 e. The lowest BCUT2D eigenvalue weighted by atomic mass is 10.1. The zero-order valence-electron chi connectivity index (χ0n) is 8.17. The fourth-order valence-corrected chi connectivity index (χ4v) is 1.81. The summed E-state index contributed by atoms with van der Waals surface area (Å²) in [6.45, 7) is 0. The third-order valence-corrected chi connectivity index (χ3v) is 2.52. The van der Waals surface area contributed by atoms with Crippen molar-refractivity contribution in [3.63, 3.8) is 0 Å². The molecule has 0 bridgehead atoms. The van der Waals surface area contributed by atoms with E-state index in [9.17, 15) is 0 Å². The van der Waals surface area contributed by atoms with Gasteiger partial charge in [-0.3, -0.25) is 0 Å². The lowest BCUT2D eigenvalue weighted by Crippen LogP contribution is -1.86. The van der Waals surface area contributed by atoms with Gasteiger partial charge in [0, 0.05) is 18.0 Å². The molecule has 0 N–H and O–H groups in total. The summed E-state index contributed by atoms with van der Waals surface area (Å²) in [6.07, 6.45) is 3.78. The minimum absolute atomic E-state index is 1.14. The van der Waals surface area contributed by atoms with E-state index in [0.29, 0.717) is 0 Å². The molecule has 2 aromatic heterocycles.